The van der Waals surface area contributed by atoms with Crippen molar-refractivity contribution in [2.75, 3.05) is 11.9 Å². The fourth-order valence-corrected chi connectivity index (χ4v) is 2.50. The van der Waals surface area contributed by atoms with E-state index in [1.165, 1.54) is 0 Å². The summed E-state index contributed by atoms with van der Waals surface area (Å²) in [5.74, 6) is -0.0881. The van der Waals surface area contributed by atoms with Crippen LogP contribution in [0.3, 0.4) is 0 Å². The molecule has 1 aromatic heterocycles. The van der Waals surface area contributed by atoms with Crippen LogP contribution in [0.1, 0.15) is 46.1 Å². The summed E-state index contributed by atoms with van der Waals surface area (Å²) in [5, 5.41) is 12.3. The van der Waals surface area contributed by atoms with Crippen molar-refractivity contribution in [2.45, 2.75) is 32.6 Å². The van der Waals surface area contributed by atoms with Crippen molar-refractivity contribution in [1.82, 2.24) is 15.5 Å². The van der Waals surface area contributed by atoms with Crippen LogP contribution in [0.25, 0.3) is 0 Å². The third-order valence-corrected chi connectivity index (χ3v) is 4.00. The summed E-state index contributed by atoms with van der Waals surface area (Å²) >= 11 is 0. The standard InChI is InChI=1S/C17H20N4O2/c1-10-4-3-5-11(2)16(10)19-15(22)9-18-17(23)14-8-13(20-21-14)12-6-7-12/h3-5,8,12H,6-7,9H2,1-2H3,(H,18,23)(H,19,22)(H,20,21). The minimum absolute atomic E-state index is 0.0851. The van der Waals surface area contributed by atoms with Gasteiger partial charge in [-0.2, -0.15) is 5.10 Å². The van der Waals surface area contributed by atoms with Gasteiger partial charge in [-0.1, -0.05) is 18.2 Å². The zero-order chi connectivity index (χ0) is 16.4. The zero-order valence-electron chi connectivity index (χ0n) is 13.3. The molecule has 6 nitrogen and oxygen atoms in total. The highest BCUT2D eigenvalue weighted by atomic mass is 16.2. The lowest BCUT2D eigenvalue weighted by Gasteiger charge is -2.11. The fourth-order valence-electron chi connectivity index (χ4n) is 2.50. The molecule has 1 aliphatic rings. The van der Waals surface area contributed by atoms with E-state index < -0.39 is 0 Å². The molecule has 1 saturated carbocycles. The summed E-state index contributed by atoms with van der Waals surface area (Å²) in [5.41, 5.74) is 4.10. The van der Waals surface area contributed by atoms with Crippen LogP contribution in [-0.2, 0) is 4.79 Å². The lowest BCUT2D eigenvalue weighted by atomic mass is 10.1. The van der Waals surface area contributed by atoms with Crippen LogP contribution in [0, 0.1) is 13.8 Å². The van der Waals surface area contributed by atoms with Crippen molar-refractivity contribution in [3.8, 4) is 0 Å². The van der Waals surface area contributed by atoms with Gasteiger partial charge >= 0.3 is 0 Å². The van der Waals surface area contributed by atoms with Crippen LogP contribution in [0.15, 0.2) is 24.3 Å². The number of H-pyrrole nitrogens is 1. The summed E-state index contributed by atoms with van der Waals surface area (Å²) in [4.78, 5) is 24.0. The largest absolute Gasteiger partial charge is 0.342 e. The summed E-state index contributed by atoms with van der Waals surface area (Å²) in [7, 11) is 0. The Bertz CT molecular complexity index is 727. The number of para-hydroxylation sites is 1. The summed E-state index contributed by atoms with van der Waals surface area (Å²) in [6.07, 6.45) is 2.28. The van der Waals surface area contributed by atoms with E-state index in [2.05, 4.69) is 20.8 Å². The van der Waals surface area contributed by atoms with Crippen molar-refractivity contribution < 1.29 is 9.59 Å². The first kappa shape index (κ1) is 15.3. The van der Waals surface area contributed by atoms with Gasteiger partial charge in [0.05, 0.1) is 6.54 Å². The number of nitrogens with zero attached hydrogens (tertiary/aromatic N) is 1. The molecule has 3 N–H and O–H groups in total. The van der Waals surface area contributed by atoms with Crippen LogP contribution in [-0.4, -0.2) is 28.6 Å². The number of amides is 2. The van der Waals surface area contributed by atoms with Gasteiger partial charge < -0.3 is 10.6 Å². The van der Waals surface area contributed by atoms with Gasteiger partial charge in [0, 0.05) is 17.3 Å². The number of aromatic nitrogens is 2. The van der Waals surface area contributed by atoms with E-state index in [1.54, 1.807) is 6.07 Å². The van der Waals surface area contributed by atoms with E-state index in [4.69, 9.17) is 0 Å². The first-order valence-corrected chi connectivity index (χ1v) is 7.74. The third kappa shape index (κ3) is 3.59. The van der Waals surface area contributed by atoms with E-state index >= 15 is 0 Å². The predicted octanol–water partition coefficient (Wildman–Crippen LogP) is 2.27. The molecule has 0 radical (unpaired) electrons. The molecule has 1 aromatic carbocycles. The van der Waals surface area contributed by atoms with Gasteiger partial charge in [0.25, 0.3) is 5.91 Å². The van der Waals surface area contributed by atoms with Crippen LogP contribution in [0.2, 0.25) is 0 Å². The number of anilines is 1. The Kier molecular flexibility index (Phi) is 4.14. The Morgan fingerprint density at radius 3 is 2.61 bits per heavy atom. The molecule has 0 spiro atoms. The molecule has 3 rings (SSSR count). The molecular formula is C17H20N4O2. The number of hydrogen-bond donors (Lipinski definition) is 3. The van der Waals surface area contributed by atoms with E-state index in [-0.39, 0.29) is 18.4 Å². The normalized spacial score (nSPS) is 13.7. The maximum absolute atomic E-state index is 12.0. The number of benzene rings is 1. The molecule has 2 amide bonds. The van der Waals surface area contributed by atoms with E-state index in [0.29, 0.717) is 11.6 Å². The highest BCUT2D eigenvalue weighted by Crippen LogP contribution is 2.38. The maximum Gasteiger partial charge on any atom is 0.272 e. The molecule has 0 unspecified atom stereocenters. The Hall–Kier alpha value is -2.63. The number of rotatable bonds is 5. The minimum atomic E-state index is -0.343. The van der Waals surface area contributed by atoms with Crippen LogP contribution in [0.4, 0.5) is 5.69 Å². The van der Waals surface area contributed by atoms with Gasteiger partial charge in [0.15, 0.2) is 0 Å². The first-order chi connectivity index (χ1) is 11.0. The van der Waals surface area contributed by atoms with Crippen molar-refractivity contribution >= 4 is 17.5 Å². The van der Waals surface area contributed by atoms with Crippen LogP contribution in [0.5, 0.6) is 0 Å². The SMILES string of the molecule is Cc1cccc(C)c1NC(=O)CNC(=O)c1cc(C2CC2)[nH]n1. The van der Waals surface area contributed by atoms with Gasteiger partial charge in [0.1, 0.15) is 5.69 Å². The van der Waals surface area contributed by atoms with Gasteiger partial charge in [0.2, 0.25) is 5.91 Å². The zero-order valence-corrected chi connectivity index (χ0v) is 13.3. The Labute approximate surface area is 134 Å². The van der Waals surface area contributed by atoms with Crippen molar-refractivity contribution in [3.05, 3.63) is 46.8 Å². The fraction of sp³-hybridized carbons (Fsp3) is 0.353. The second kappa shape index (κ2) is 6.24. The highest BCUT2D eigenvalue weighted by molar-refractivity contribution is 5.99. The Morgan fingerprint density at radius 2 is 1.96 bits per heavy atom. The number of carbonyl (C=O) groups is 2. The van der Waals surface area contributed by atoms with Crippen molar-refractivity contribution in [3.63, 3.8) is 0 Å². The molecule has 23 heavy (non-hydrogen) atoms. The molecule has 0 bridgehead atoms. The Balaban J connectivity index is 1.54. The maximum atomic E-state index is 12.0. The lowest BCUT2D eigenvalue weighted by molar-refractivity contribution is -0.115. The molecule has 0 atom stereocenters. The molecule has 1 fully saturated rings. The van der Waals surface area contributed by atoms with Crippen LogP contribution < -0.4 is 10.6 Å². The van der Waals surface area contributed by atoms with Gasteiger partial charge in [-0.3, -0.25) is 14.7 Å². The third-order valence-electron chi connectivity index (χ3n) is 4.00. The lowest BCUT2D eigenvalue weighted by Crippen LogP contribution is -2.33. The molecule has 120 valence electrons. The molecule has 6 heteroatoms. The van der Waals surface area contributed by atoms with E-state index in [1.807, 2.05) is 32.0 Å². The van der Waals surface area contributed by atoms with Crippen molar-refractivity contribution in [1.29, 1.82) is 0 Å². The van der Waals surface area contributed by atoms with Gasteiger partial charge in [-0.05, 0) is 43.9 Å². The van der Waals surface area contributed by atoms with Gasteiger partial charge in [-0.15, -0.1) is 0 Å². The van der Waals surface area contributed by atoms with E-state index in [9.17, 15) is 9.59 Å². The molecule has 1 heterocycles. The number of nitrogens with one attached hydrogen (secondary N) is 3. The summed E-state index contributed by atoms with van der Waals surface area (Å²) < 4.78 is 0. The number of carbonyl (C=O) groups excluding carboxylic acids is 2. The average molecular weight is 312 g/mol. The monoisotopic (exact) mass is 312 g/mol. The van der Waals surface area contributed by atoms with Gasteiger partial charge in [-0.25, -0.2) is 0 Å². The van der Waals surface area contributed by atoms with E-state index in [0.717, 1.165) is 35.3 Å². The highest BCUT2D eigenvalue weighted by Gasteiger charge is 2.26. The summed E-state index contributed by atoms with van der Waals surface area (Å²) in [6, 6.07) is 7.57. The molecular weight excluding hydrogens is 292 g/mol. The second-order valence-electron chi connectivity index (χ2n) is 5.98. The van der Waals surface area contributed by atoms with Crippen molar-refractivity contribution in [2.24, 2.45) is 0 Å². The quantitative estimate of drug-likeness (QED) is 0.791. The molecule has 0 aliphatic heterocycles. The average Bonchev–Trinajstić information content (AvgIpc) is 3.26. The Morgan fingerprint density at radius 1 is 1.26 bits per heavy atom. The number of hydrogen-bond acceptors (Lipinski definition) is 3. The minimum Gasteiger partial charge on any atom is -0.342 e. The second-order valence-corrected chi connectivity index (χ2v) is 5.98. The molecule has 2 aromatic rings. The summed E-state index contributed by atoms with van der Waals surface area (Å²) in [6.45, 7) is 3.78. The first-order valence-electron chi connectivity index (χ1n) is 7.74. The smallest absolute Gasteiger partial charge is 0.272 e. The van der Waals surface area contributed by atoms with Crippen LogP contribution >= 0.6 is 0 Å². The predicted molar refractivity (Wildman–Crippen MR) is 87.4 cm³/mol. The molecule has 1 aliphatic carbocycles. The number of aryl methyl sites for hydroxylation is 2. The molecule has 0 saturated heterocycles. The topological polar surface area (TPSA) is 86.9 Å². The number of aromatic amines is 1.